The Morgan fingerprint density at radius 3 is 1.79 bits per heavy atom. The molecule has 0 saturated heterocycles. The number of aliphatic hydroxyl groups is 1. The van der Waals surface area contributed by atoms with Gasteiger partial charge in [-0.1, -0.05) is 0 Å². The molecule has 0 heterocycles. The van der Waals surface area contributed by atoms with E-state index >= 15 is 0 Å². The van der Waals surface area contributed by atoms with Crippen LogP contribution in [0.2, 0.25) is 0 Å². The van der Waals surface area contributed by atoms with Gasteiger partial charge in [0.1, 0.15) is 0 Å². The number of aliphatic carboxylic acids is 3. The maximum atomic E-state index is 11.2. The molecule has 2 unspecified atom stereocenters. The first kappa shape index (κ1) is 16.8. The molecule has 9 nitrogen and oxygen atoms in total. The summed E-state index contributed by atoms with van der Waals surface area (Å²) in [6, 6.07) is 0. The molecule has 0 amide bonds. The summed E-state index contributed by atoms with van der Waals surface area (Å²) in [6.07, 6.45) is -5.31. The second-order valence-electron chi connectivity index (χ2n) is 3.64. The zero-order chi connectivity index (χ0) is 15.0. The van der Waals surface area contributed by atoms with Crippen molar-refractivity contribution in [2.75, 3.05) is 0 Å². The number of hydrogen-bond donors (Lipinski definition) is 4. The lowest BCUT2D eigenvalue weighted by Crippen LogP contribution is -2.33. The second-order valence-corrected chi connectivity index (χ2v) is 3.64. The van der Waals surface area contributed by atoms with Crippen LogP contribution in [0.5, 0.6) is 0 Å². The minimum atomic E-state index is -1.76. The number of esters is 1. The Kier molecular flexibility index (Phi) is 7.12. The van der Waals surface area contributed by atoms with Crippen molar-refractivity contribution in [3.63, 3.8) is 0 Å². The number of carboxylic acids is 3. The van der Waals surface area contributed by atoms with Gasteiger partial charge in [-0.15, -0.1) is 0 Å². The van der Waals surface area contributed by atoms with Crippen molar-refractivity contribution in [3.05, 3.63) is 0 Å². The van der Waals surface area contributed by atoms with Crippen LogP contribution in [0.3, 0.4) is 0 Å². The topological polar surface area (TPSA) is 158 Å². The highest BCUT2D eigenvalue weighted by Gasteiger charge is 2.27. The highest BCUT2D eigenvalue weighted by atomic mass is 16.6. The Bertz CT molecular complexity index is 362. The molecule has 0 aromatic heterocycles. The van der Waals surface area contributed by atoms with E-state index in [9.17, 15) is 24.3 Å². The van der Waals surface area contributed by atoms with Crippen LogP contribution in [0.4, 0.5) is 0 Å². The van der Waals surface area contributed by atoms with E-state index in [-0.39, 0.29) is 0 Å². The van der Waals surface area contributed by atoms with Crippen LogP contribution in [0, 0.1) is 0 Å². The van der Waals surface area contributed by atoms with Gasteiger partial charge in [-0.05, 0) is 6.42 Å². The van der Waals surface area contributed by atoms with Crippen molar-refractivity contribution >= 4 is 23.9 Å². The monoisotopic (exact) mass is 278 g/mol. The number of carbonyl (C=O) groups is 4. The van der Waals surface area contributed by atoms with Gasteiger partial charge in [0.2, 0.25) is 0 Å². The zero-order valence-electron chi connectivity index (χ0n) is 9.81. The lowest BCUT2D eigenvalue weighted by Gasteiger charge is -2.15. The predicted molar refractivity (Wildman–Crippen MR) is 57.3 cm³/mol. The first-order chi connectivity index (χ1) is 8.73. The molecule has 4 N–H and O–H groups in total. The summed E-state index contributed by atoms with van der Waals surface area (Å²) in [5, 5.41) is 34.6. The van der Waals surface area contributed by atoms with Crippen molar-refractivity contribution in [3.8, 4) is 0 Å². The molecule has 108 valence electrons. The fourth-order valence-corrected chi connectivity index (χ4v) is 1.08. The summed E-state index contributed by atoms with van der Waals surface area (Å²) in [5.74, 6) is -5.32. The highest BCUT2D eigenvalue weighted by molar-refractivity contribution is 5.81. The van der Waals surface area contributed by atoms with Gasteiger partial charge in [-0.3, -0.25) is 9.59 Å². The van der Waals surface area contributed by atoms with Crippen molar-refractivity contribution in [2.45, 2.75) is 37.9 Å². The summed E-state index contributed by atoms with van der Waals surface area (Å²) in [6.45, 7) is 0. The van der Waals surface area contributed by atoms with Crippen molar-refractivity contribution in [1.29, 1.82) is 0 Å². The molecule has 9 heteroatoms. The summed E-state index contributed by atoms with van der Waals surface area (Å²) >= 11 is 0. The smallest absolute Gasteiger partial charge is 0.345 e. The molecule has 0 radical (unpaired) electrons. The average molecular weight is 278 g/mol. The highest BCUT2D eigenvalue weighted by Crippen LogP contribution is 2.07. The largest absolute Gasteiger partial charge is 0.481 e. The summed E-state index contributed by atoms with van der Waals surface area (Å²) in [5.41, 5.74) is 0. The molecule has 0 aliphatic carbocycles. The summed E-state index contributed by atoms with van der Waals surface area (Å²) < 4.78 is 4.41. The normalized spacial score (nSPS) is 13.3. The molecule has 19 heavy (non-hydrogen) atoms. The molecule has 0 rings (SSSR count). The third kappa shape index (κ3) is 7.71. The molecule has 0 spiro atoms. The van der Waals surface area contributed by atoms with Crippen molar-refractivity contribution in [1.82, 2.24) is 0 Å². The van der Waals surface area contributed by atoms with Gasteiger partial charge in [-0.25, -0.2) is 9.59 Å². The Morgan fingerprint density at radius 2 is 1.37 bits per heavy atom. The Balaban J connectivity index is 4.33. The molecule has 0 aliphatic rings. The molecule has 0 aromatic carbocycles. The van der Waals surface area contributed by atoms with Crippen LogP contribution in [-0.2, 0) is 23.9 Å². The molecule has 2 atom stereocenters. The first-order valence-electron chi connectivity index (χ1n) is 5.29. The Hall–Kier alpha value is -2.16. The number of carboxylic acid groups (broad SMARTS) is 3. The van der Waals surface area contributed by atoms with Crippen LogP contribution < -0.4 is 0 Å². The quantitative estimate of drug-likeness (QED) is 0.391. The van der Waals surface area contributed by atoms with E-state index in [0.717, 1.165) is 0 Å². The molecule has 0 bridgehead atoms. The van der Waals surface area contributed by atoms with Crippen LogP contribution in [0.1, 0.15) is 25.7 Å². The first-order valence-corrected chi connectivity index (χ1v) is 5.29. The van der Waals surface area contributed by atoms with Crippen LogP contribution >= 0.6 is 0 Å². The van der Waals surface area contributed by atoms with Gasteiger partial charge in [0.15, 0.2) is 12.2 Å². The minimum absolute atomic E-state index is 0.417. The molecule has 0 fully saturated rings. The van der Waals surface area contributed by atoms with Gasteiger partial charge >= 0.3 is 23.9 Å². The van der Waals surface area contributed by atoms with Crippen LogP contribution in [0.25, 0.3) is 0 Å². The minimum Gasteiger partial charge on any atom is -0.481 e. The Morgan fingerprint density at radius 1 is 0.895 bits per heavy atom. The third-order valence-electron chi connectivity index (χ3n) is 2.06. The van der Waals surface area contributed by atoms with Gasteiger partial charge in [0.05, 0.1) is 0 Å². The zero-order valence-corrected chi connectivity index (χ0v) is 9.81. The number of ether oxygens (including phenoxy) is 1. The molecule has 0 saturated carbocycles. The van der Waals surface area contributed by atoms with Crippen LogP contribution in [-0.4, -0.2) is 56.5 Å². The molecule has 0 aliphatic heterocycles. The van der Waals surface area contributed by atoms with Crippen molar-refractivity contribution in [2.24, 2.45) is 0 Å². The maximum absolute atomic E-state index is 11.2. The lowest BCUT2D eigenvalue weighted by molar-refractivity contribution is -0.171. The van der Waals surface area contributed by atoms with E-state index in [1.165, 1.54) is 0 Å². The third-order valence-corrected chi connectivity index (χ3v) is 2.06. The summed E-state index contributed by atoms with van der Waals surface area (Å²) in [4.78, 5) is 42.4. The van der Waals surface area contributed by atoms with Gasteiger partial charge in [-0.2, -0.15) is 0 Å². The molecule has 0 aromatic rings. The average Bonchev–Trinajstić information content (AvgIpc) is 2.30. The van der Waals surface area contributed by atoms with Crippen molar-refractivity contribution < 1.29 is 44.3 Å². The van der Waals surface area contributed by atoms with Crippen LogP contribution in [0.15, 0.2) is 0 Å². The number of aliphatic hydroxyl groups excluding tert-OH is 1. The molecular formula is C10H14O9. The van der Waals surface area contributed by atoms with Gasteiger partial charge in [0.25, 0.3) is 0 Å². The number of carbonyl (C=O) groups excluding carboxylic acids is 1. The van der Waals surface area contributed by atoms with Gasteiger partial charge in [0, 0.05) is 19.3 Å². The fourth-order valence-electron chi connectivity index (χ4n) is 1.08. The standard InChI is InChI=1S/C10H14O9/c11-5(1-3-7(12)13)10(18)19-6(9(16)17)2-4-8(14)15/h5-6,11H,1-4H2,(H,12,13)(H,14,15)(H,16,17). The maximum Gasteiger partial charge on any atom is 0.345 e. The Labute approximate surface area is 107 Å². The predicted octanol–water partition coefficient (Wildman–Crippen LogP) is -0.927. The van der Waals surface area contributed by atoms with E-state index in [0.29, 0.717) is 0 Å². The summed E-state index contributed by atoms with van der Waals surface area (Å²) in [7, 11) is 0. The van der Waals surface area contributed by atoms with E-state index in [4.69, 9.17) is 15.3 Å². The van der Waals surface area contributed by atoms with Gasteiger partial charge < -0.3 is 25.2 Å². The lowest BCUT2D eigenvalue weighted by atomic mass is 10.2. The van der Waals surface area contributed by atoms with E-state index in [1.807, 2.05) is 0 Å². The second kappa shape index (κ2) is 8.03. The number of rotatable bonds is 9. The number of hydrogen-bond acceptors (Lipinski definition) is 6. The van der Waals surface area contributed by atoms with E-state index in [2.05, 4.69) is 4.74 Å². The SMILES string of the molecule is O=C(O)CCC(O)C(=O)OC(CCC(=O)O)C(=O)O. The molecular weight excluding hydrogens is 264 g/mol. The van der Waals surface area contributed by atoms with E-state index < -0.39 is 61.8 Å². The fraction of sp³-hybridized carbons (Fsp3) is 0.600. The van der Waals surface area contributed by atoms with E-state index in [1.54, 1.807) is 0 Å².